The van der Waals surface area contributed by atoms with Gasteiger partial charge in [0, 0.05) is 24.2 Å². The SMILES string of the molecule is CCN(C(C)C)S(=O)(=O)c1cc(Cl)cc(CN)c1Cl. The van der Waals surface area contributed by atoms with E-state index >= 15 is 0 Å². The van der Waals surface area contributed by atoms with Crippen molar-refractivity contribution in [2.45, 2.75) is 38.3 Å². The van der Waals surface area contributed by atoms with Gasteiger partial charge in [-0.3, -0.25) is 0 Å². The second-order valence-electron chi connectivity index (χ2n) is 4.38. The third-order valence-corrected chi connectivity index (χ3v) is 5.73. The molecule has 0 unspecified atom stereocenters. The van der Waals surface area contributed by atoms with Gasteiger partial charge in [0.2, 0.25) is 10.0 Å². The summed E-state index contributed by atoms with van der Waals surface area (Å²) in [5, 5.41) is 0.453. The van der Waals surface area contributed by atoms with E-state index in [-0.39, 0.29) is 22.5 Å². The first-order valence-electron chi connectivity index (χ1n) is 5.95. The molecule has 0 aliphatic carbocycles. The highest BCUT2D eigenvalue weighted by Gasteiger charge is 2.28. The third kappa shape index (κ3) is 3.41. The number of hydrogen-bond donors (Lipinski definition) is 1. The zero-order valence-corrected chi connectivity index (χ0v) is 13.5. The van der Waals surface area contributed by atoms with E-state index < -0.39 is 10.0 Å². The van der Waals surface area contributed by atoms with Gasteiger partial charge in [-0.25, -0.2) is 8.42 Å². The van der Waals surface area contributed by atoms with Crippen LogP contribution >= 0.6 is 23.2 Å². The molecule has 108 valence electrons. The van der Waals surface area contributed by atoms with Crippen LogP contribution in [0.15, 0.2) is 17.0 Å². The van der Waals surface area contributed by atoms with Gasteiger partial charge in [0.05, 0.1) is 5.02 Å². The smallest absolute Gasteiger partial charge is 0.244 e. The molecule has 7 heteroatoms. The topological polar surface area (TPSA) is 63.4 Å². The monoisotopic (exact) mass is 324 g/mol. The predicted molar refractivity (Wildman–Crippen MR) is 79.1 cm³/mol. The molecule has 0 saturated carbocycles. The zero-order chi connectivity index (χ0) is 14.8. The Kier molecular flexibility index (Phi) is 5.65. The summed E-state index contributed by atoms with van der Waals surface area (Å²) in [7, 11) is -3.67. The summed E-state index contributed by atoms with van der Waals surface area (Å²) < 4.78 is 26.5. The van der Waals surface area contributed by atoms with Gasteiger partial charge in [0.1, 0.15) is 4.90 Å². The lowest BCUT2D eigenvalue weighted by Crippen LogP contribution is -2.36. The molecule has 1 aromatic rings. The van der Waals surface area contributed by atoms with Crippen LogP contribution in [0.1, 0.15) is 26.3 Å². The number of nitrogens with zero attached hydrogens (tertiary/aromatic N) is 1. The number of sulfonamides is 1. The molecule has 19 heavy (non-hydrogen) atoms. The highest BCUT2D eigenvalue weighted by Crippen LogP contribution is 2.31. The Bertz CT molecular complexity index is 559. The van der Waals surface area contributed by atoms with Crippen molar-refractivity contribution in [3.8, 4) is 0 Å². The average Bonchev–Trinajstić information content (AvgIpc) is 2.31. The van der Waals surface area contributed by atoms with Crippen molar-refractivity contribution in [2.24, 2.45) is 5.73 Å². The largest absolute Gasteiger partial charge is 0.326 e. The van der Waals surface area contributed by atoms with Crippen LogP contribution in [0.4, 0.5) is 0 Å². The Morgan fingerprint density at radius 1 is 1.32 bits per heavy atom. The quantitative estimate of drug-likeness (QED) is 0.905. The molecule has 0 spiro atoms. The number of hydrogen-bond acceptors (Lipinski definition) is 3. The highest BCUT2D eigenvalue weighted by molar-refractivity contribution is 7.89. The van der Waals surface area contributed by atoms with Crippen LogP contribution in [-0.2, 0) is 16.6 Å². The Balaban J connectivity index is 3.48. The van der Waals surface area contributed by atoms with Crippen LogP contribution in [0.2, 0.25) is 10.0 Å². The predicted octanol–water partition coefficient (Wildman–Crippen LogP) is 2.87. The molecule has 0 radical (unpaired) electrons. The lowest BCUT2D eigenvalue weighted by molar-refractivity contribution is 0.369. The summed E-state index contributed by atoms with van der Waals surface area (Å²) in [5.74, 6) is 0. The van der Waals surface area contributed by atoms with Crippen molar-refractivity contribution in [2.75, 3.05) is 6.54 Å². The Morgan fingerprint density at radius 3 is 2.32 bits per heavy atom. The molecule has 0 saturated heterocycles. The van der Waals surface area contributed by atoms with Gasteiger partial charge in [0.25, 0.3) is 0 Å². The number of rotatable bonds is 5. The molecule has 4 nitrogen and oxygen atoms in total. The minimum atomic E-state index is -3.67. The van der Waals surface area contributed by atoms with Gasteiger partial charge in [-0.1, -0.05) is 30.1 Å². The fraction of sp³-hybridized carbons (Fsp3) is 0.500. The summed E-state index contributed by atoms with van der Waals surface area (Å²) >= 11 is 12.1. The van der Waals surface area contributed by atoms with Gasteiger partial charge >= 0.3 is 0 Å². The fourth-order valence-electron chi connectivity index (χ4n) is 1.89. The molecule has 0 aliphatic heterocycles. The Hall–Kier alpha value is -0.330. The van der Waals surface area contributed by atoms with Crippen LogP contribution in [-0.4, -0.2) is 25.3 Å². The molecule has 1 aromatic carbocycles. The molecule has 2 N–H and O–H groups in total. The maximum absolute atomic E-state index is 12.6. The van der Waals surface area contributed by atoms with E-state index in [9.17, 15) is 8.42 Å². The molecular formula is C12H18Cl2N2O2S. The summed E-state index contributed by atoms with van der Waals surface area (Å²) in [4.78, 5) is 0.0117. The van der Waals surface area contributed by atoms with Gasteiger partial charge in [0.15, 0.2) is 0 Å². The lowest BCUT2D eigenvalue weighted by Gasteiger charge is -2.25. The van der Waals surface area contributed by atoms with E-state index in [1.54, 1.807) is 13.0 Å². The summed E-state index contributed by atoms with van der Waals surface area (Å²) in [5.41, 5.74) is 6.07. The Labute approximate surface area is 124 Å². The van der Waals surface area contributed by atoms with Crippen molar-refractivity contribution in [1.29, 1.82) is 0 Å². The minimum Gasteiger partial charge on any atom is -0.326 e. The number of nitrogens with two attached hydrogens (primary N) is 1. The van der Waals surface area contributed by atoms with E-state index in [1.807, 2.05) is 13.8 Å². The summed E-state index contributed by atoms with van der Waals surface area (Å²) in [6.45, 7) is 5.89. The van der Waals surface area contributed by atoms with E-state index in [0.717, 1.165) is 0 Å². The van der Waals surface area contributed by atoms with Crippen LogP contribution in [0.5, 0.6) is 0 Å². The molecule has 1 rings (SSSR count). The van der Waals surface area contributed by atoms with Crippen molar-refractivity contribution >= 4 is 33.2 Å². The molecule has 0 amide bonds. The van der Waals surface area contributed by atoms with Crippen LogP contribution < -0.4 is 5.73 Å². The first kappa shape index (κ1) is 16.7. The van der Waals surface area contributed by atoms with E-state index in [4.69, 9.17) is 28.9 Å². The van der Waals surface area contributed by atoms with Gasteiger partial charge in [-0.2, -0.15) is 4.31 Å². The van der Waals surface area contributed by atoms with Gasteiger partial charge < -0.3 is 5.73 Å². The number of halogens is 2. The maximum Gasteiger partial charge on any atom is 0.244 e. The van der Waals surface area contributed by atoms with Gasteiger partial charge in [-0.15, -0.1) is 0 Å². The van der Waals surface area contributed by atoms with Crippen molar-refractivity contribution in [1.82, 2.24) is 4.31 Å². The second kappa shape index (κ2) is 6.41. The van der Waals surface area contributed by atoms with Crippen molar-refractivity contribution in [3.05, 3.63) is 27.7 Å². The minimum absolute atomic E-state index is 0.0117. The second-order valence-corrected chi connectivity index (χ2v) is 7.06. The molecule has 0 heterocycles. The highest BCUT2D eigenvalue weighted by atomic mass is 35.5. The van der Waals surface area contributed by atoms with E-state index in [0.29, 0.717) is 17.1 Å². The van der Waals surface area contributed by atoms with Crippen molar-refractivity contribution in [3.63, 3.8) is 0 Å². The molecule has 0 bridgehead atoms. The van der Waals surface area contributed by atoms with Crippen LogP contribution in [0.3, 0.4) is 0 Å². The van der Waals surface area contributed by atoms with Gasteiger partial charge in [-0.05, 0) is 31.5 Å². The Morgan fingerprint density at radius 2 is 1.89 bits per heavy atom. The van der Waals surface area contributed by atoms with Crippen molar-refractivity contribution < 1.29 is 8.42 Å². The average molecular weight is 325 g/mol. The molecule has 0 fully saturated rings. The lowest BCUT2D eigenvalue weighted by atomic mass is 10.2. The van der Waals surface area contributed by atoms with E-state index in [1.165, 1.54) is 10.4 Å². The first-order valence-corrected chi connectivity index (χ1v) is 8.15. The van der Waals surface area contributed by atoms with Crippen LogP contribution in [0.25, 0.3) is 0 Å². The maximum atomic E-state index is 12.6. The molecule has 0 aliphatic rings. The van der Waals surface area contributed by atoms with Crippen LogP contribution in [0, 0.1) is 0 Å². The summed E-state index contributed by atoms with van der Waals surface area (Å²) in [6, 6.07) is 2.78. The molecule has 0 aromatic heterocycles. The van der Waals surface area contributed by atoms with E-state index in [2.05, 4.69) is 0 Å². The third-order valence-electron chi connectivity index (χ3n) is 2.77. The normalized spacial score (nSPS) is 12.4. The zero-order valence-electron chi connectivity index (χ0n) is 11.2. The fourth-order valence-corrected chi connectivity index (χ4v) is 4.46. The first-order chi connectivity index (χ1) is 8.75. The summed E-state index contributed by atoms with van der Waals surface area (Å²) in [6.07, 6.45) is 0. The number of benzene rings is 1. The standard InChI is InChI=1S/C12H18Cl2N2O2S/c1-4-16(8(2)3)19(17,18)11-6-10(13)5-9(7-15)12(11)14/h5-6,8H,4,7,15H2,1-3H3. The molecule has 0 atom stereocenters. The molecular weight excluding hydrogens is 307 g/mol.